The van der Waals surface area contributed by atoms with Gasteiger partial charge in [0.25, 0.3) is 6.43 Å². The Balaban J connectivity index is 5.10. The molecule has 0 aliphatic heterocycles. The lowest BCUT2D eigenvalue weighted by Crippen LogP contribution is -2.57. The smallest absolute Gasteiger partial charge is 0.346 e. The lowest BCUT2D eigenvalue weighted by Gasteiger charge is -2.32. The zero-order valence-electron chi connectivity index (χ0n) is 8.83. The normalized spacial score (nSPS) is 19.0. The van der Waals surface area contributed by atoms with E-state index in [0.717, 1.165) is 0 Å². The fourth-order valence-electron chi connectivity index (χ4n) is 0.971. The Kier molecular flexibility index (Phi) is 5.97. The Morgan fingerprint density at radius 2 is 1.33 bits per heavy atom. The maximum Gasteiger partial charge on any atom is 0.346 e. The quantitative estimate of drug-likeness (QED) is 0.515. The summed E-state index contributed by atoms with van der Waals surface area (Å²) >= 11 is 0. The van der Waals surface area contributed by atoms with Crippen molar-refractivity contribution in [2.24, 2.45) is 0 Å². The molecule has 0 N–H and O–H groups in total. The minimum atomic E-state index is -5.91. The molecule has 0 aliphatic rings. The van der Waals surface area contributed by atoms with Gasteiger partial charge in [-0.2, -0.15) is 17.6 Å². The zero-order valence-corrected chi connectivity index (χ0v) is 10.8. The molecule has 0 saturated heterocycles. The van der Waals surface area contributed by atoms with Crippen molar-refractivity contribution in [1.29, 1.82) is 0 Å². The maximum absolute atomic E-state index is 12.8. The first kappa shape index (κ1) is 17.5. The van der Waals surface area contributed by atoms with Crippen LogP contribution < -0.4 is 0 Å². The van der Waals surface area contributed by atoms with Crippen LogP contribution in [0.15, 0.2) is 0 Å². The van der Waals surface area contributed by atoms with Gasteiger partial charge in [0.1, 0.15) is 10.5 Å². The standard InChI is InChI=1S/C7H9F9OSi/c8-2(1-17-18)6(13,14)7(15,16)4(10)3(9)5(11)12/h2-5H,1H2,18H3. The molecule has 0 heterocycles. The first-order valence-electron chi connectivity index (χ1n) is 4.45. The third-order valence-electron chi connectivity index (χ3n) is 2.02. The predicted molar refractivity (Wildman–Crippen MR) is 46.5 cm³/mol. The Morgan fingerprint density at radius 3 is 1.67 bits per heavy atom. The van der Waals surface area contributed by atoms with Gasteiger partial charge >= 0.3 is 11.8 Å². The molecule has 0 saturated carbocycles. The third-order valence-corrected chi connectivity index (χ3v) is 2.35. The summed E-state index contributed by atoms with van der Waals surface area (Å²) in [6.07, 6.45) is -16.5. The first-order chi connectivity index (χ1) is 8.00. The van der Waals surface area contributed by atoms with E-state index in [9.17, 15) is 39.5 Å². The molecule has 0 aromatic heterocycles. The van der Waals surface area contributed by atoms with E-state index in [1.165, 1.54) is 0 Å². The lowest BCUT2D eigenvalue weighted by molar-refractivity contribution is -0.278. The highest BCUT2D eigenvalue weighted by atomic mass is 28.2. The molecule has 1 nitrogen and oxygen atoms in total. The second-order valence-electron chi connectivity index (χ2n) is 3.35. The van der Waals surface area contributed by atoms with E-state index in [1.807, 2.05) is 0 Å². The van der Waals surface area contributed by atoms with Gasteiger partial charge in [-0.1, -0.05) is 0 Å². The van der Waals surface area contributed by atoms with Crippen molar-refractivity contribution in [3.8, 4) is 0 Å². The van der Waals surface area contributed by atoms with Crippen molar-refractivity contribution in [2.75, 3.05) is 6.61 Å². The molecule has 0 fully saturated rings. The summed E-state index contributed by atoms with van der Waals surface area (Å²) in [5.41, 5.74) is 0. The van der Waals surface area contributed by atoms with E-state index in [1.54, 1.807) is 0 Å². The van der Waals surface area contributed by atoms with E-state index in [4.69, 9.17) is 0 Å². The second-order valence-corrected chi connectivity index (χ2v) is 3.93. The number of rotatable bonds is 7. The minimum absolute atomic E-state index is 0.259. The van der Waals surface area contributed by atoms with Gasteiger partial charge in [0.2, 0.25) is 6.17 Å². The van der Waals surface area contributed by atoms with E-state index in [2.05, 4.69) is 4.43 Å². The van der Waals surface area contributed by atoms with Gasteiger partial charge in [-0.25, -0.2) is 22.0 Å². The van der Waals surface area contributed by atoms with Crippen LogP contribution in [0.25, 0.3) is 0 Å². The van der Waals surface area contributed by atoms with Gasteiger partial charge in [-0.3, -0.25) is 0 Å². The summed E-state index contributed by atoms with van der Waals surface area (Å²) in [5, 5.41) is 0. The van der Waals surface area contributed by atoms with Gasteiger partial charge in [0, 0.05) is 0 Å². The van der Waals surface area contributed by atoms with Crippen molar-refractivity contribution >= 4 is 10.5 Å². The highest BCUT2D eigenvalue weighted by Crippen LogP contribution is 2.44. The zero-order chi connectivity index (χ0) is 14.7. The number of hydrogen-bond donors (Lipinski definition) is 0. The van der Waals surface area contributed by atoms with Crippen LogP contribution in [0.3, 0.4) is 0 Å². The van der Waals surface area contributed by atoms with Crippen LogP contribution in [-0.4, -0.2) is 53.9 Å². The molecular formula is C7H9F9OSi. The summed E-state index contributed by atoms with van der Waals surface area (Å²) in [7, 11) is -0.259. The molecule has 110 valence electrons. The van der Waals surface area contributed by atoms with Crippen LogP contribution in [0.5, 0.6) is 0 Å². The van der Waals surface area contributed by atoms with Crippen molar-refractivity contribution in [1.82, 2.24) is 0 Å². The number of halogens is 9. The summed E-state index contributed by atoms with van der Waals surface area (Å²) in [5.74, 6) is -11.6. The fraction of sp³-hybridized carbons (Fsp3) is 1.00. The third kappa shape index (κ3) is 3.31. The molecule has 11 heteroatoms. The van der Waals surface area contributed by atoms with E-state index in [-0.39, 0.29) is 10.5 Å². The average molecular weight is 308 g/mol. The highest BCUT2D eigenvalue weighted by molar-refractivity contribution is 5.97. The van der Waals surface area contributed by atoms with Crippen LogP contribution in [0.2, 0.25) is 0 Å². The number of hydrogen-bond acceptors (Lipinski definition) is 1. The Morgan fingerprint density at radius 1 is 0.889 bits per heavy atom. The van der Waals surface area contributed by atoms with Crippen molar-refractivity contribution in [3.05, 3.63) is 0 Å². The van der Waals surface area contributed by atoms with Crippen LogP contribution in [-0.2, 0) is 4.43 Å². The Bertz CT molecular complexity index is 261. The first-order valence-corrected chi connectivity index (χ1v) is 5.26. The molecule has 0 amide bonds. The van der Waals surface area contributed by atoms with E-state index in [0.29, 0.717) is 0 Å². The molecule has 0 aliphatic carbocycles. The van der Waals surface area contributed by atoms with Gasteiger partial charge < -0.3 is 4.43 Å². The molecule has 0 aromatic rings. The monoisotopic (exact) mass is 308 g/mol. The van der Waals surface area contributed by atoms with E-state index >= 15 is 0 Å². The molecule has 3 atom stereocenters. The number of alkyl halides is 9. The summed E-state index contributed by atoms with van der Waals surface area (Å²) in [6, 6.07) is 0. The summed E-state index contributed by atoms with van der Waals surface area (Å²) < 4.78 is 116. The van der Waals surface area contributed by atoms with Gasteiger partial charge in [-0.15, -0.1) is 0 Å². The molecule has 3 unspecified atom stereocenters. The van der Waals surface area contributed by atoms with Crippen LogP contribution in [0.1, 0.15) is 0 Å². The highest BCUT2D eigenvalue weighted by Gasteiger charge is 2.68. The average Bonchev–Trinajstić information content (AvgIpc) is 2.26. The Labute approximate surface area is 98.8 Å². The topological polar surface area (TPSA) is 9.23 Å². The molecule has 0 bridgehead atoms. The summed E-state index contributed by atoms with van der Waals surface area (Å²) in [4.78, 5) is 0. The summed E-state index contributed by atoms with van der Waals surface area (Å²) in [6.45, 7) is -1.47. The molecule has 18 heavy (non-hydrogen) atoms. The lowest BCUT2D eigenvalue weighted by atomic mass is 9.99. The predicted octanol–water partition coefficient (Wildman–Crippen LogP) is 1.83. The van der Waals surface area contributed by atoms with Crippen molar-refractivity contribution in [3.63, 3.8) is 0 Å². The Hall–Kier alpha value is -0.453. The fourth-order valence-corrected chi connectivity index (χ4v) is 1.26. The van der Waals surface area contributed by atoms with E-state index < -0.39 is 43.4 Å². The largest absolute Gasteiger partial charge is 0.425 e. The maximum atomic E-state index is 12.8. The molecule has 0 aromatic carbocycles. The molecule has 0 radical (unpaired) electrons. The van der Waals surface area contributed by atoms with Crippen LogP contribution in [0.4, 0.5) is 39.5 Å². The van der Waals surface area contributed by atoms with Crippen molar-refractivity contribution < 1.29 is 43.9 Å². The SMILES string of the molecule is FC(F)C(F)C(F)C(F)(F)C(F)(F)C(F)CO[SiH3]. The van der Waals surface area contributed by atoms with Crippen LogP contribution in [0, 0.1) is 0 Å². The van der Waals surface area contributed by atoms with Gasteiger partial charge in [0.05, 0.1) is 6.61 Å². The van der Waals surface area contributed by atoms with Gasteiger partial charge in [-0.05, 0) is 0 Å². The second kappa shape index (κ2) is 6.13. The van der Waals surface area contributed by atoms with Crippen molar-refractivity contribution in [2.45, 2.75) is 36.8 Å². The van der Waals surface area contributed by atoms with Gasteiger partial charge in [0.15, 0.2) is 12.3 Å². The van der Waals surface area contributed by atoms with Crippen LogP contribution >= 0.6 is 0 Å². The molecular weight excluding hydrogens is 299 g/mol. The molecule has 0 spiro atoms. The minimum Gasteiger partial charge on any atom is -0.425 e. The molecule has 0 rings (SSSR count).